The molecule has 0 fully saturated rings. The topological polar surface area (TPSA) is 60.2 Å². The standard InChI is InChI=1S/C11H12ClNO2S/c1-7(5-13)8-6-16(14,15)10-4-2-3-9(12)11(8)10/h2-4,6-7H,5,13H2,1H3. The van der Waals surface area contributed by atoms with Crippen molar-refractivity contribution in [3.63, 3.8) is 0 Å². The van der Waals surface area contributed by atoms with E-state index < -0.39 is 9.84 Å². The maximum absolute atomic E-state index is 11.9. The van der Waals surface area contributed by atoms with Gasteiger partial charge >= 0.3 is 0 Å². The largest absolute Gasteiger partial charge is 0.330 e. The van der Waals surface area contributed by atoms with Crippen molar-refractivity contribution >= 4 is 27.0 Å². The van der Waals surface area contributed by atoms with E-state index in [-0.39, 0.29) is 10.8 Å². The third-order valence-electron chi connectivity index (χ3n) is 2.74. The van der Waals surface area contributed by atoms with Gasteiger partial charge in [0.2, 0.25) is 9.84 Å². The zero-order valence-electron chi connectivity index (χ0n) is 8.77. The number of halogens is 1. The SMILES string of the molecule is CC(CN)C1=CS(=O)(=O)c2cccc(Cl)c21. The first-order valence-electron chi connectivity index (χ1n) is 4.93. The minimum absolute atomic E-state index is 0.0177. The van der Waals surface area contributed by atoms with Crippen LogP contribution < -0.4 is 5.73 Å². The van der Waals surface area contributed by atoms with Crippen LogP contribution in [0.3, 0.4) is 0 Å². The number of fused-ring (bicyclic) bond motifs is 1. The van der Waals surface area contributed by atoms with Gasteiger partial charge in [-0.3, -0.25) is 0 Å². The van der Waals surface area contributed by atoms with E-state index in [1.165, 1.54) is 5.41 Å². The number of hydrogen-bond acceptors (Lipinski definition) is 3. The molecular weight excluding hydrogens is 246 g/mol. The first-order chi connectivity index (χ1) is 7.47. The Morgan fingerprint density at radius 1 is 1.44 bits per heavy atom. The summed E-state index contributed by atoms with van der Waals surface area (Å²) in [6, 6.07) is 4.91. The molecule has 5 heteroatoms. The van der Waals surface area contributed by atoms with Gasteiger partial charge in [0.05, 0.1) is 4.90 Å². The van der Waals surface area contributed by atoms with E-state index in [0.717, 1.165) is 0 Å². The zero-order valence-corrected chi connectivity index (χ0v) is 10.3. The molecule has 0 saturated heterocycles. The highest BCUT2D eigenvalue weighted by atomic mass is 35.5. The average molecular weight is 258 g/mol. The van der Waals surface area contributed by atoms with Crippen LogP contribution in [0.15, 0.2) is 28.5 Å². The van der Waals surface area contributed by atoms with E-state index in [1.807, 2.05) is 6.92 Å². The fraction of sp³-hybridized carbons (Fsp3) is 0.273. The number of hydrogen-bond donors (Lipinski definition) is 1. The molecule has 86 valence electrons. The number of benzene rings is 1. The first kappa shape index (κ1) is 11.6. The Bertz CT molecular complexity index is 563. The molecule has 1 heterocycles. The van der Waals surface area contributed by atoms with E-state index >= 15 is 0 Å². The van der Waals surface area contributed by atoms with Crippen LogP contribution in [0.4, 0.5) is 0 Å². The minimum atomic E-state index is -3.33. The summed E-state index contributed by atoms with van der Waals surface area (Å²) in [6.07, 6.45) is 0. The van der Waals surface area contributed by atoms with E-state index in [1.54, 1.807) is 18.2 Å². The highest BCUT2D eigenvalue weighted by Gasteiger charge is 2.30. The van der Waals surface area contributed by atoms with Crippen molar-refractivity contribution in [2.45, 2.75) is 11.8 Å². The molecule has 1 atom stereocenters. The van der Waals surface area contributed by atoms with Crippen molar-refractivity contribution in [1.82, 2.24) is 0 Å². The lowest BCUT2D eigenvalue weighted by Crippen LogP contribution is -2.11. The maximum atomic E-state index is 11.9. The summed E-state index contributed by atoms with van der Waals surface area (Å²) in [6.45, 7) is 2.28. The summed E-state index contributed by atoms with van der Waals surface area (Å²) in [5.41, 5.74) is 6.89. The zero-order chi connectivity index (χ0) is 11.9. The molecule has 0 aromatic heterocycles. The molecule has 0 amide bonds. The Balaban J connectivity index is 2.72. The molecule has 3 nitrogen and oxygen atoms in total. The fourth-order valence-electron chi connectivity index (χ4n) is 1.80. The van der Waals surface area contributed by atoms with Gasteiger partial charge in [-0.2, -0.15) is 0 Å². The van der Waals surface area contributed by atoms with Gasteiger partial charge in [0, 0.05) is 16.0 Å². The molecule has 16 heavy (non-hydrogen) atoms. The molecule has 1 aliphatic rings. The van der Waals surface area contributed by atoms with E-state index in [0.29, 0.717) is 22.7 Å². The van der Waals surface area contributed by atoms with Gasteiger partial charge in [0.1, 0.15) is 0 Å². The van der Waals surface area contributed by atoms with E-state index in [9.17, 15) is 8.42 Å². The van der Waals surface area contributed by atoms with E-state index in [2.05, 4.69) is 0 Å². The molecule has 0 bridgehead atoms. The summed E-state index contributed by atoms with van der Waals surface area (Å²) in [5, 5.41) is 1.74. The second-order valence-electron chi connectivity index (χ2n) is 3.87. The summed E-state index contributed by atoms with van der Waals surface area (Å²) in [7, 11) is -3.33. The van der Waals surface area contributed by atoms with Crippen molar-refractivity contribution in [3.8, 4) is 0 Å². The lowest BCUT2D eigenvalue weighted by Gasteiger charge is -2.12. The van der Waals surface area contributed by atoms with Crippen LogP contribution in [-0.2, 0) is 9.84 Å². The summed E-state index contributed by atoms with van der Waals surface area (Å²) in [4.78, 5) is 0.287. The van der Waals surface area contributed by atoms with Crippen LogP contribution in [0.25, 0.3) is 5.57 Å². The molecule has 0 spiro atoms. The summed E-state index contributed by atoms with van der Waals surface area (Å²) < 4.78 is 23.7. The Morgan fingerprint density at radius 2 is 2.12 bits per heavy atom. The summed E-state index contributed by atoms with van der Waals surface area (Å²) in [5.74, 6) is -0.0177. The maximum Gasteiger partial charge on any atom is 0.200 e. The molecule has 1 aromatic rings. The van der Waals surface area contributed by atoms with Gasteiger partial charge in [0.15, 0.2) is 0 Å². The molecule has 2 N–H and O–H groups in total. The second-order valence-corrected chi connectivity index (χ2v) is 6.04. The van der Waals surface area contributed by atoms with Crippen LogP contribution >= 0.6 is 11.6 Å². The lowest BCUT2D eigenvalue weighted by atomic mass is 9.96. The predicted octanol–water partition coefficient (Wildman–Crippen LogP) is 2.06. The van der Waals surface area contributed by atoms with Crippen molar-refractivity contribution < 1.29 is 8.42 Å². The van der Waals surface area contributed by atoms with Crippen molar-refractivity contribution in [2.24, 2.45) is 11.7 Å². The van der Waals surface area contributed by atoms with Crippen molar-refractivity contribution in [1.29, 1.82) is 0 Å². The van der Waals surface area contributed by atoms with Gasteiger partial charge in [0.25, 0.3) is 0 Å². The minimum Gasteiger partial charge on any atom is -0.330 e. The number of sulfone groups is 1. The van der Waals surface area contributed by atoms with Crippen LogP contribution in [0.5, 0.6) is 0 Å². The van der Waals surface area contributed by atoms with Crippen LogP contribution in [-0.4, -0.2) is 15.0 Å². The fourth-order valence-corrected chi connectivity index (χ4v) is 3.73. The normalized spacial score (nSPS) is 19.1. The summed E-state index contributed by atoms with van der Waals surface area (Å²) >= 11 is 6.05. The third-order valence-corrected chi connectivity index (χ3v) is 4.57. The monoisotopic (exact) mass is 257 g/mol. The third kappa shape index (κ3) is 1.67. The molecule has 1 aliphatic heterocycles. The number of rotatable bonds is 2. The van der Waals surface area contributed by atoms with Crippen molar-refractivity contribution in [3.05, 3.63) is 34.2 Å². The quantitative estimate of drug-likeness (QED) is 0.882. The first-order valence-corrected chi connectivity index (χ1v) is 6.85. The lowest BCUT2D eigenvalue weighted by molar-refractivity contribution is 0.605. The van der Waals surface area contributed by atoms with Crippen LogP contribution in [0.1, 0.15) is 12.5 Å². The van der Waals surface area contributed by atoms with Crippen LogP contribution in [0, 0.1) is 5.92 Å². The van der Waals surface area contributed by atoms with Gasteiger partial charge in [-0.25, -0.2) is 8.42 Å². The molecule has 1 aromatic carbocycles. The van der Waals surface area contributed by atoms with Crippen LogP contribution in [0.2, 0.25) is 5.02 Å². The van der Waals surface area contributed by atoms with Crippen molar-refractivity contribution in [2.75, 3.05) is 6.54 Å². The Kier molecular flexibility index (Phi) is 2.82. The Hall–Kier alpha value is -0.840. The predicted molar refractivity (Wildman–Crippen MR) is 64.8 cm³/mol. The van der Waals surface area contributed by atoms with Gasteiger partial charge < -0.3 is 5.73 Å². The second kappa shape index (κ2) is 3.87. The molecule has 0 radical (unpaired) electrons. The molecular formula is C11H12ClNO2S. The van der Waals surface area contributed by atoms with E-state index in [4.69, 9.17) is 17.3 Å². The molecule has 1 unspecified atom stereocenters. The van der Waals surface area contributed by atoms with Gasteiger partial charge in [-0.15, -0.1) is 0 Å². The molecule has 2 rings (SSSR count). The molecule has 0 saturated carbocycles. The Morgan fingerprint density at radius 3 is 2.75 bits per heavy atom. The Labute approximate surface area is 99.8 Å². The van der Waals surface area contributed by atoms with Gasteiger partial charge in [-0.05, 0) is 30.2 Å². The number of nitrogens with two attached hydrogens (primary N) is 1. The smallest absolute Gasteiger partial charge is 0.200 e. The highest BCUT2D eigenvalue weighted by Crippen LogP contribution is 2.41. The van der Waals surface area contributed by atoms with Gasteiger partial charge in [-0.1, -0.05) is 24.6 Å². The molecule has 0 aliphatic carbocycles. The average Bonchev–Trinajstić information content (AvgIpc) is 2.52. The highest BCUT2D eigenvalue weighted by molar-refractivity contribution is 7.95.